The molecule has 3 aromatic rings. The summed E-state index contributed by atoms with van der Waals surface area (Å²) in [4.78, 5) is 20.0. The first kappa shape index (κ1) is 24.9. The van der Waals surface area contributed by atoms with E-state index in [1.165, 1.54) is 22.7 Å². The van der Waals surface area contributed by atoms with Gasteiger partial charge in [-0.25, -0.2) is 4.39 Å². The van der Waals surface area contributed by atoms with E-state index in [-0.39, 0.29) is 17.6 Å². The number of halogens is 1. The van der Waals surface area contributed by atoms with Gasteiger partial charge in [0.05, 0.1) is 0 Å². The molecule has 0 aliphatic carbocycles. The molecule has 7 heteroatoms. The summed E-state index contributed by atoms with van der Waals surface area (Å²) in [6, 6.07) is 17.5. The summed E-state index contributed by atoms with van der Waals surface area (Å²) in [7, 11) is 2.16. The van der Waals surface area contributed by atoms with Crippen LogP contribution >= 0.6 is 0 Å². The van der Waals surface area contributed by atoms with Crippen molar-refractivity contribution in [3.8, 4) is 0 Å². The maximum Gasteiger partial charge on any atom is 0.223 e. The summed E-state index contributed by atoms with van der Waals surface area (Å²) in [5, 5.41) is 4.39. The Kier molecular flexibility index (Phi) is 7.99. The topological polar surface area (TPSA) is 43.8 Å². The van der Waals surface area contributed by atoms with Gasteiger partial charge in [-0.1, -0.05) is 30.3 Å². The lowest BCUT2D eigenvalue weighted by Crippen LogP contribution is -2.47. The van der Waals surface area contributed by atoms with Gasteiger partial charge in [0, 0.05) is 69.5 Å². The van der Waals surface area contributed by atoms with Gasteiger partial charge in [0.25, 0.3) is 0 Å². The number of carbonyl (C=O) groups is 1. The molecule has 192 valence electrons. The third kappa shape index (κ3) is 6.14. The lowest BCUT2D eigenvalue weighted by atomic mass is 9.96. The fraction of sp³-hybridized carbons (Fsp3) is 0.483. The molecule has 0 atom stereocenters. The Hall–Kier alpha value is -2.74. The molecule has 1 amide bonds. The number of hydrogen-bond acceptors (Lipinski definition) is 4. The van der Waals surface area contributed by atoms with Crippen molar-refractivity contribution in [2.45, 2.75) is 25.9 Å². The van der Waals surface area contributed by atoms with E-state index in [4.69, 9.17) is 0 Å². The Bertz CT molecular complexity index is 1160. The molecule has 2 fully saturated rings. The van der Waals surface area contributed by atoms with Crippen LogP contribution in [-0.4, -0.2) is 84.6 Å². The van der Waals surface area contributed by atoms with Gasteiger partial charge in [-0.05, 0) is 68.2 Å². The molecule has 3 heterocycles. The van der Waals surface area contributed by atoms with Crippen molar-refractivity contribution in [3.63, 3.8) is 0 Å². The van der Waals surface area contributed by atoms with Crippen molar-refractivity contribution < 1.29 is 9.18 Å². The van der Waals surface area contributed by atoms with Crippen LogP contribution < -0.4 is 5.32 Å². The van der Waals surface area contributed by atoms with Crippen LogP contribution in [0.2, 0.25) is 0 Å². The molecular weight excluding hydrogens is 453 g/mol. The van der Waals surface area contributed by atoms with E-state index < -0.39 is 0 Å². The number of amides is 1. The van der Waals surface area contributed by atoms with E-state index in [2.05, 4.69) is 62.0 Å². The number of benzene rings is 2. The Morgan fingerprint density at radius 1 is 0.917 bits per heavy atom. The zero-order valence-electron chi connectivity index (χ0n) is 21.3. The second kappa shape index (κ2) is 11.5. The van der Waals surface area contributed by atoms with Gasteiger partial charge in [0.2, 0.25) is 5.91 Å². The number of piperidine rings is 1. The number of likely N-dealkylation sites (tertiary alicyclic amines) is 1. The maximum absolute atomic E-state index is 13.8. The normalized spacial score (nSPS) is 18.6. The van der Waals surface area contributed by atoms with Crippen LogP contribution in [0.4, 0.5) is 4.39 Å². The summed E-state index contributed by atoms with van der Waals surface area (Å²) in [6.07, 6.45) is 1.79. The standard InChI is InChI=1S/C29H38FN5O/c1-32-15-17-33(18-16-32)14-11-31-29(36)24-9-12-34(13-10-24)22-27-20-25-6-2-3-8-28(25)35(27)21-23-5-4-7-26(30)19-23/h2-8,19-20,24H,9-18,21-22H2,1H3,(H,31,36). The van der Waals surface area contributed by atoms with Gasteiger partial charge in [-0.3, -0.25) is 14.6 Å². The van der Waals surface area contributed by atoms with E-state index in [0.29, 0.717) is 6.54 Å². The van der Waals surface area contributed by atoms with Crippen molar-refractivity contribution in [1.82, 2.24) is 24.6 Å². The molecule has 2 aromatic carbocycles. The lowest BCUT2D eigenvalue weighted by Gasteiger charge is -2.33. The summed E-state index contributed by atoms with van der Waals surface area (Å²) in [5.74, 6) is 0.116. The first-order valence-electron chi connectivity index (χ1n) is 13.3. The minimum absolute atomic E-state index is 0.104. The van der Waals surface area contributed by atoms with Gasteiger partial charge < -0.3 is 14.8 Å². The van der Waals surface area contributed by atoms with Crippen LogP contribution in [0.3, 0.4) is 0 Å². The van der Waals surface area contributed by atoms with Gasteiger partial charge in [0.1, 0.15) is 5.82 Å². The number of nitrogens with zero attached hydrogens (tertiary/aromatic N) is 4. The quantitative estimate of drug-likeness (QED) is 0.525. The number of carbonyl (C=O) groups excluding carboxylic acids is 1. The third-order valence-electron chi connectivity index (χ3n) is 7.79. The first-order chi connectivity index (χ1) is 17.5. The third-order valence-corrected chi connectivity index (χ3v) is 7.79. The molecule has 6 nitrogen and oxygen atoms in total. The van der Waals surface area contributed by atoms with Gasteiger partial charge in [-0.15, -0.1) is 0 Å². The summed E-state index contributed by atoms with van der Waals surface area (Å²) >= 11 is 0. The number of aromatic nitrogens is 1. The molecule has 36 heavy (non-hydrogen) atoms. The second-order valence-corrected chi connectivity index (χ2v) is 10.4. The van der Waals surface area contributed by atoms with Crippen molar-refractivity contribution in [2.75, 3.05) is 59.4 Å². The highest BCUT2D eigenvalue weighted by atomic mass is 19.1. The van der Waals surface area contributed by atoms with Crippen LogP contribution in [0.1, 0.15) is 24.1 Å². The molecule has 1 N–H and O–H groups in total. The fourth-order valence-corrected chi connectivity index (χ4v) is 5.54. The summed E-state index contributed by atoms with van der Waals surface area (Å²) < 4.78 is 16.1. The van der Waals surface area contributed by atoms with Crippen molar-refractivity contribution >= 4 is 16.8 Å². The molecule has 5 rings (SSSR count). The van der Waals surface area contributed by atoms with Gasteiger partial charge >= 0.3 is 0 Å². The average Bonchev–Trinajstić information content (AvgIpc) is 3.22. The number of para-hydroxylation sites is 1. The molecule has 2 saturated heterocycles. The Labute approximate surface area is 213 Å². The Morgan fingerprint density at radius 2 is 1.69 bits per heavy atom. The lowest BCUT2D eigenvalue weighted by molar-refractivity contribution is -0.126. The van der Waals surface area contributed by atoms with E-state index in [0.717, 1.165) is 77.3 Å². The van der Waals surface area contributed by atoms with E-state index in [9.17, 15) is 9.18 Å². The van der Waals surface area contributed by atoms with E-state index in [1.807, 2.05) is 6.07 Å². The monoisotopic (exact) mass is 491 g/mol. The van der Waals surface area contributed by atoms with Crippen LogP contribution in [0.15, 0.2) is 54.6 Å². The first-order valence-corrected chi connectivity index (χ1v) is 13.3. The van der Waals surface area contributed by atoms with Crippen LogP contribution in [0.5, 0.6) is 0 Å². The zero-order valence-corrected chi connectivity index (χ0v) is 21.3. The predicted molar refractivity (Wildman–Crippen MR) is 142 cm³/mol. The number of nitrogens with one attached hydrogen (secondary N) is 1. The zero-order chi connectivity index (χ0) is 24.9. The van der Waals surface area contributed by atoms with Crippen molar-refractivity contribution in [1.29, 1.82) is 0 Å². The highest BCUT2D eigenvalue weighted by Gasteiger charge is 2.26. The summed E-state index contributed by atoms with van der Waals surface area (Å²) in [6.45, 7) is 9.37. The SMILES string of the molecule is CN1CCN(CCNC(=O)C2CCN(Cc3cc4ccccc4n3Cc3cccc(F)c3)CC2)CC1. The Balaban J connectivity index is 1.15. The second-order valence-electron chi connectivity index (χ2n) is 10.4. The number of piperazine rings is 1. The number of rotatable bonds is 8. The minimum Gasteiger partial charge on any atom is -0.355 e. The molecule has 2 aliphatic heterocycles. The molecule has 0 spiro atoms. The van der Waals surface area contributed by atoms with Crippen molar-refractivity contribution in [3.05, 3.63) is 71.7 Å². The summed E-state index contributed by atoms with van der Waals surface area (Å²) in [5.41, 5.74) is 3.37. The van der Waals surface area contributed by atoms with Gasteiger partial charge in [-0.2, -0.15) is 0 Å². The molecular formula is C29H38FN5O. The van der Waals surface area contributed by atoms with Crippen molar-refractivity contribution in [2.24, 2.45) is 5.92 Å². The molecule has 0 saturated carbocycles. The average molecular weight is 492 g/mol. The Morgan fingerprint density at radius 3 is 2.47 bits per heavy atom. The maximum atomic E-state index is 13.8. The molecule has 0 unspecified atom stereocenters. The van der Waals surface area contributed by atoms with E-state index in [1.54, 1.807) is 12.1 Å². The number of likely N-dealkylation sites (N-methyl/N-ethyl adjacent to an activating group) is 1. The fourth-order valence-electron chi connectivity index (χ4n) is 5.54. The molecule has 2 aliphatic rings. The highest BCUT2D eigenvalue weighted by Crippen LogP contribution is 2.25. The predicted octanol–water partition coefficient (Wildman–Crippen LogP) is 3.40. The van der Waals surface area contributed by atoms with Crippen LogP contribution in [0.25, 0.3) is 10.9 Å². The highest BCUT2D eigenvalue weighted by molar-refractivity contribution is 5.81. The number of fused-ring (bicyclic) bond motifs is 1. The minimum atomic E-state index is -0.200. The number of hydrogen-bond donors (Lipinski definition) is 1. The van der Waals surface area contributed by atoms with Crippen LogP contribution in [0, 0.1) is 11.7 Å². The largest absolute Gasteiger partial charge is 0.355 e. The molecule has 0 radical (unpaired) electrons. The molecule has 1 aromatic heterocycles. The van der Waals surface area contributed by atoms with E-state index >= 15 is 0 Å². The molecule has 0 bridgehead atoms. The van der Waals surface area contributed by atoms with Gasteiger partial charge in [0.15, 0.2) is 0 Å². The van der Waals surface area contributed by atoms with Crippen LogP contribution in [-0.2, 0) is 17.9 Å². The smallest absolute Gasteiger partial charge is 0.223 e.